The Morgan fingerprint density at radius 2 is 1.82 bits per heavy atom. The highest BCUT2D eigenvalue weighted by Crippen LogP contribution is 2.38. The zero-order valence-electron chi connectivity index (χ0n) is 12.4. The largest absolute Gasteiger partial charge is 0.546 e. The first-order valence-electron chi connectivity index (χ1n) is 6.17. The van der Waals surface area contributed by atoms with Gasteiger partial charge in [0.15, 0.2) is 0 Å². The summed E-state index contributed by atoms with van der Waals surface area (Å²) in [6, 6.07) is 0. The van der Waals surface area contributed by atoms with Gasteiger partial charge in [-0.3, -0.25) is 0 Å². The molecule has 0 saturated carbocycles. The van der Waals surface area contributed by atoms with Crippen LogP contribution in [-0.2, 0) is 4.43 Å². The summed E-state index contributed by atoms with van der Waals surface area (Å²) in [4.78, 5) is 0. The van der Waals surface area contributed by atoms with E-state index >= 15 is 0 Å². The highest BCUT2D eigenvalue weighted by molar-refractivity contribution is 6.74. The van der Waals surface area contributed by atoms with E-state index in [2.05, 4.69) is 40.4 Å². The third-order valence-corrected chi connectivity index (χ3v) is 7.78. The second-order valence-corrected chi connectivity index (χ2v) is 11.0. The van der Waals surface area contributed by atoms with E-state index in [0.717, 1.165) is 11.3 Å². The number of aliphatic hydroxyl groups excluding tert-OH is 1. The van der Waals surface area contributed by atoms with Crippen molar-refractivity contribution in [1.82, 2.24) is 0 Å². The van der Waals surface area contributed by atoms with E-state index in [-0.39, 0.29) is 5.04 Å². The van der Waals surface area contributed by atoms with E-state index in [9.17, 15) is 5.11 Å². The average Bonchev–Trinajstić information content (AvgIpc) is 2.14. The fourth-order valence-corrected chi connectivity index (χ4v) is 2.29. The Hall–Kier alpha value is -0.543. The van der Waals surface area contributed by atoms with Gasteiger partial charge in [-0.25, -0.2) is 0 Å². The predicted octanol–water partition coefficient (Wildman–Crippen LogP) is 4.24. The van der Waals surface area contributed by atoms with Crippen molar-refractivity contribution in [2.24, 2.45) is 0 Å². The average molecular weight is 256 g/mol. The van der Waals surface area contributed by atoms with Gasteiger partial charge in [-0.05, 0) is 37.6 Å². The van der Waals surface area contributed by atoms with Gasteiger partial charge in [0.1, 0.15) is 0 Å². The maximum atomic E-state index is 9.66. The molecule has 0 aliphatic rings. The van der Waals surface area contributed by atoms with Crippen LogP contribution < -0.4 is 0 Å². The summed E-state index contributed by atoms with van der Waals surface area (Å²) in [5, 5.41) is 9.83. The molecule has 0 aromatic heterocycles. The maximum Gasteiger partial charge on any atom is 0.250 e. The van der Waals surface area contributed by atoms with Gasteiger partial charge < -0.3 is 9.53 Å². The minimum atomic E-state index is -1.81. The molecule has 1 unspecified atom stereocenters. The Bertz CT molecular complexity index is 294. The summed E-state index contributed by atoms with van der Waals surface area (Å²) in [6.45, 7) is 18.7. The molecule has 0 spiro atoms. The molecule has 0 aromatic rings. The molecule has 17 heavy (non-hydrogen) atoms. The second kappa shape index (κ2) is 5.87. The summed E-state index contributed by atoms with van der Waals surface area (Å²) in [5.74, 6) is 0.920. The van der Waals surface area contributed by atoms with Gasteiger partial charge in [0.2, 0.25) is 8.32 Å². The van der Waals surface area contributed by atoms with Crippen molar-refractivity contribution in [3.8, 4) is 0 Å². The first kappa shape index (κ1) is 16.5. The van der Waals surface area contributed by atoms with Crippen LogP contribution in [0.3, 0.4) is 0 Å². The van der Waals surface area contributed by atoms with Gasteiger partial charge >= 0.3 is 0 Å². The highest BCUT2D eigenvalue weighted by Gasteiger charge is 2.39. The van der Waals surface area contributed by atoms with Gasteiger partial charge in [0, 0.05) is 6.42 Å². The fourth-order valence-electron chi connectivity index (χ4n) is 1.08. The second-order valence-electron chi connectivity index (χ2n) is 6.29. The normalized spacial score (nSPS) is 14.1. The standard InChI is InChI=1S/C14H28O2Si/c1-9-12(15)10-13(11(2)3)16-17(7,8)14(4,5)6/h9,12,15H,1,10H2,2-8H3. The van der Waals surface area contributed by atoms with E-state index < -0.39 is 14.4 Å². The molecule has 0 aliphatic heterocycles. The molecular weight excluding hydrogens is 228 g/mol. The molecule has 100 valence electrons. The summed E-state index contributed by atoms with van der Waals surface area (Å²) >= 11 is 0. The molecule has 0 rings (SSSR count). The molecule has 0 fully saturated rings. The molecule has 3 heteroatoms. The van der Waals surface area contributed by atoms with Crippen LogP contribution in [0.25, 0.3) is 0 Å². The lowest BCUT2D eigenvalue weighted by atomic mass is 10.1. The smallest absolute Gasteiger partial charge is 0.250 e. The summed E-state index contributed by atoms with van der Waals surface area (Å²) in [5.41, 5.74) is 1.13. The Kier molecular flexibility index (Phi) is 5.68. The zero-order valence-corrected chi connectivity index (χ0v) is 13.4. The third kappa shape index (κ3) is 5.09. The Morgan fingerprint density at radius 3 is 2.12 bits per heavy atom. The summed E-state index contributed by atoms with van der Waals surface area (Å²) in [6.07, 6.45) is 1.56. The fraction of sp³-hybridized carbons (Fsp3) is 0.714. The van der Waals surface area contributed by atoms with Crippen LogP contribution in [-0.4, -0.2) is 19.5 Å². The van der Waals surface area contributed by atoms with Crippen molar-refractivity contribution in [1.29, 1.82) is 0 Å². The number of allylic oxidation sites excluding steroid dienone is 1. The molecule has 0 heterocycles. The van der Waals surface area contributed by atoms with E-state index in [4.69, 9.17) is 4.43 Å². The van der Waals surface area contributed by atoms with Crippen molar-refractivity contribution in [3.05, 3.63) is 24.0 Å². The number of hydrogen-bond donors (Lipinski definition) is 1. The predicted molar refractivity (Wildman–Crippen MR) is 77.5 cm³/mol. The zero-order chi connectivity index (χ0) is 13.9. The molecule has 0 radical (unpaired) electrons. The van der Waals surface area contributed by atoms with Gasteiger partial charge in [-0.15, -0.1) is 6.58 Å². The maximum absolute atomic E-state index is 9.66. The minimum Gasteiger partial charge on any atom is -0.546 e. The van der Waals surface area contributed by atoms with Crippen molar-refractivity contribution in [3.63, 3.8) is 0 Å². The van der Waals surface area contributed by atoms with Gasteiger partial charge in [0.25, 0.3) is 0 Å². The van der Waals surface area contributed by atoms with Crippen molar-refractivity contribution >= 4 is 8.32 Å². The molecule has 1 N–H and O–H groups in total. The summed E-state index contributed by atoms with van der Waals surface area (Å²) in [7, 11) is -1.81. The monoisotopic (exact) mass is 256 g/mol. The van der Waals surface area contributed by atoms with Gasteiger partial charge in [0.05, 0.1) is 11.9 Å². The number of aliphatic hydroxyl groups is 1. The molecule has 0 bridgehead atoms. The molecule has 0 amide bonds. The van der Waals surface area contributed by atoms with Crippen molar-refractivity contribution < 1.29 is 9.53 Å². The van der Waals surface area contributed by atoms with Crippen LogP contribution in [0, 0.1) is 0 Å². The Labute approximate surface area is 108 Å². The highest BCUT2D eigenvalue weighted by atomic mass is 28.4. The molecule has 0 saturated heterocycles. The lowest BCUT2D eigenvalue weighted by Gasteiger charge is -2.38. The van der Waals surface area contributed by atoms with Gasteiger partial charge in [-0.1, -0.05) is 26.8 Å². The Balaban J connectivity index is 4.93. The van der Waals surface area contributed by atoms with E-state index in [1.165, 1.54) is 0 Å². The molecule has 2 nitrogen and oxygen atoms in total. The van der Waals surface area contributed by atoms with Crippen LogP contribution in [0.5, 0.6) is 0 Å². The molecule has 0 aliphatic carbocycles. The van der Waals surface area contributed by atoms with Crippen LogP contribution in [0.15, 0.2) is 24.0 Å². The Morgan fingerprint density at radius 1 is 1.35 bits per heavy atom. The van der Waals surface area contributed by atoms with E-state index in [1.54, 1.807) is 6.08 Å². The van der Waals surface area contributed by atoms with E-state index in [0.29, 0.717) is 6.42 Å². The molecular formula is C14H28O2Si. The minimum absolute atomic E-state index is 0.173. The topological polar surface area (TPSA) is 29.5 Å². The molecule has 0 aromatic carbocycles. The van der Waals surface area contributed by atoms with Crippen LogP contribution in [0.2, 0.25) is 18.1 Å². The van der Waals surface area contributed by atoms with Gasteiger partial charge in [-0.2, -0.15) is 0 Å². The van der Waals surface area contributed by atoms with Crippen molar-refractivity contribution in [2.75, 3.05) is 0 Å². The van der Waals surface area contributed by atoms with Crippen LogP contribution in [0.1, 0.15) is 41.0 Å². The van der Waals surface area contributed by atoms with Crippen LogP contribution >= 0.6 is 0 Å². The van der Waals surface area contributed by atoms with Crippen molar-refractivity contribution in [2.45, 2.75) is 65.3 Å². The number of hydrogen-bond acceptors (Lipinski definition) is 2. The third-order valence-electron chi connectivity index (χ3n) is 3.41. The quantitative estimate of drug-likeness (QED) is 0.453. The first-order chi connectivity index (χ1) is 7.51. The lowest BCUT2D eigenvalue weighted by molar-refractivity contribution is 0.202. The van der Waals surface area contributed by atoms with E-state index in [1.807, 2.05) is 13.8 Å². The SMILES string of the molecule is C=CC(O)CC(O[Si](C)(C)C(C)(C)C)=C(C)C. The van der Waals surface area contributed by atoms with Crippen LogP contribution in [0.4, 0.5) is 0 Å². The molecule has 1 atom stereocenters. The lowest BCUT2D eigenvalue weighted by Crippen LogP contribution is -2.40. The summed E-state index contributed by atoms with van der Waals surface area (Å²) < 4.78 is 6.25. The number of rotatable bonds is 5. The first-order valence-corrected chi connectivity index (χ1v) is 9.08.